The van der Waals surface area contributed by atoms with E-state index in [9.17, 15) is 9.12 Å². The molecule has 7 heteroatoms. The van der Waals surface area contributed by atoms with Crippen LogP contribution < -0.4 is 10.5 Å². The van der Waals surface area contributed by atoms with Crippen molar-refractivity contribution in [2.75, 3.05) is 10.5 Å². The zero-order valence-electron chi connectivity index (χ0n) is 17.4. The summed E-state index contributed by atoms with van der Waals surface area (Å²) in [6.45, 7) is 1.99. The van der Waals surface area contributed by atoms with Crippen molar-refractivity contribution >= 4 is 56.2 Å². The summed E-state index contributed by atoms with van der Waals surface area (Å²) in [6, 6.07) is 17.2. The van der Waals surface area contributed by atoms with Crippen LogP contribution >= 0.6 is 11.3 Å². The van der Waals surface area contributed by atoms with Crippen molar-refractivity contribution < 1.29 is 4.21 Å². The summed E-state index contributed by atoms with van der Waals surface area (Å²) >= 11 is 1.50. The lowest BCUT2D eigenvalue weighted by atomic mass is 9.87. The van der Waals surface area contributed by atoms with Crippen LogP contribution in [0.1, 0.15) is 22.4 Å². The van der Waals surface area contributed by atoms with Gasteiger partial charge in [-0.15, -0.1) is 16.2 Å². The molecule has 1 aliphatic rings. The van der Waals surface area contributed by atoms with Crippen LogP contribution in [0.5, 0.6) is 0 Å². The van der Waals surface area contributed by atoms with Crippen molar-refractivity contribution in [2.45, 2.75) is 24.0 Å². The predicted molar refractivity (Wildman–Crippen MR) is 136 cm³/mol. The fourth-order valence-electron chi connectivity index (χ4n) is 4.21. The topological polar surface area (TPSA) is 84.5 Å². The number of aryl methyl sites for hydroxylation is 2. The molecule has 1 aliphatic carbocycles. The Bertz CT molecular complexity index is 1420. The lowest BCUT2D eigenvalue weighted by Crippen LogP contribution is -2.06. The largest absolute Gasteiger partial charge is 0.398 e. The molecule has 0 aliphatic heterocycles. The van der Waals surface area contributed by atoms with Gasteiger partial charge in [-0.3, -0.25) is 4.72 Å². The molecule has 0 saturated carbocycles. The average Bonchev–Trinajstić information content (AvgIpc) is 3.27. The Hall–Kier alpha value is -3.29. The van der Waals surface area contributed by atoms with Crippen molar-refractivity contribution in [1.82, 2.24) is 0 Å². The van der Waals surface area contributed by atoms with Gasteiger partial charge < -0.3 is 5.73 Å². The van der Waals surface area contributed by atoms with Gasteiger partial charge in [0.2, 0.25) is 0 Å². The van der Waals surface area contributed by atoms with Crippen LogP contribution in [0.25, 0.3) is 28.0 Å². The van der Waals surface area contributed by atoms with E-state index in [0.717, 1.165) is 49.4 Å². The van der Waals surface area contributed by atoms with Crippen molar-refractivity contribution in [3.63, 3.8) is 0 Å². The van der Waals surface area contributed by atoms with Crippen molar-refractivity contribution in [1.29, 1.82) is 0 Å². The van der Waals surface area contributed by atoms with Gasteiger partial charge in [0.05, 0.1) is 5.69 Å². The first-order valence-electron chi connectivity index (χ1n) is 10.3. The molecule has 3 N–H and O–H groups in total. The maximum absolute atomic E-state index is 13.1. The number of nitrogens with two attached hydrogens (primary N) is 1. The van der Waals surface area contributed by atoms with E-state index in [2.05, 4.69) is 16.0 Å². The van der Waals surface area contributed by atoms with Crippen molar-refractivity contribution in [2.24, 2.45) is 5.18 Å². The van der Waals surface area contributed by atoms with Gasteiger partial charge in [0.1, 0.15) is 9.90 Å². The highest BCUT2D eigenvalue weighted by atomic mass is 32.2. The molecule has 1 unspecified atom stereocenters. The fraction of sp³-hybridized carbons (Fsp3) is 0.120. The molecule has 5 nitrogen and oxygen atoms in total. The minimum atomic E-state index is -1.42. The van der Waals surface area contributed by atoms with Crippen LogP contribution in [0.4, 0.5) is 17.1 Å². The molecule has 160 valence electrons. The Labute approximate surface area is 192 Å². The lowest BCUT2D eigenvalue weighted by molar-refractivity contribution is 0.687. The number of nitroso groups, excluding NO2 is 1. The number of fused-ring (bicyclic) bond motifs is 2. The molecular formula is C25H21N3O2S2. The molecule has 1 atom stereocenters. The number of nitrogen functional groups attached to an aromatic ring is 1. The molecule has 0 amide bonds. The number of allylic oxidation sites excluding steroid dienone is 1. The molecule has 1 aromatic heterocycles. The summed E-state index contributed by atoms with van der Waals surface area (Å²) in [5.41, 5.74) is 11.8. The second kappa shape index (κ2) is 8.33. The highest BCUT2D eigenvalue weighted by molar-refractivity contribution is 7.88. The van der Waals surface area contributed by atoms with E-state index in [1.165, 1.54) is 11.3 Å². The highest BCUT2D eigenvalue weighted by Gasteiger charge is 2.21. The molecule has 0 saturated heterocycles. The average molecular weight is 460 g/mol. The maximum atomic E-state index is 13.1. The number of hydrogen-bond donors (Lipinski definition) is 2. The van der Waals surface area contributed by atoms with Gasteiger partial charge in [-0.1, -0.05) is 42.5 Å². The Balaban J connectivity index is 1.74. The number of rotatable bonds is 5. The van der Waals surface area contributed by atoms with E-state index in [4.69, 9.17) is 5.73 Å². The van der Waals surface area contributed by atoms with Crippen LogP contribution in [-0.4, -0.2) is 4.21 Å². The number of benzene rings is 3. The monoisotopic (exact) mass is 459 g/mol. The summed E-state index contributed by atoms with van der Waals surface area (Å²) in [5.74, 6) is 0. The van der Waals surface area contributed by atoms with E-state index in [1.807, 2.05) is 61.5 Å². The number of nitrogens with zero attached hydrogens (tertiary/aromatic N) is 1. The summed E-state index contributed by atoms with van der Waals surface area (Å²) in [7, 11) is -1.42. The predicted octanol–water partition coefficient (Wildman–Crippen LogP) is 6.95. The molecule has 4 aromatic rings. The minimum Gasteiger partial charge on any atom is -0.398 e. The quantitative estimate of drug-likeness (QED) is 0.250. The summed E-state index contributed by atoms with van der Waals surface area (Å²) < 4.78 is 17.0. The Kier molecular flexibility index (Phi) is 5.36. The standard InChI is InChI=1S/C25H21N3O2S2/c1-15-10-13-23(31-15)32(30)28-22-14-20(25(26)19-9-5-4-8-18(19)22)24-17-7-3-2-6-16(17)11-12-21(24)27-29/h3-5,7-14,28H,2,6,26H2,1H3. The first kappa shape index (κ1) is 20.6. The fourth-order valence-corrected chi connectivity index (χ4v) is 6.28. The number of nitrogens with one attached hydrogen (secondary N) is 1. The summed E-state index contributed by atoms with van der Waals surface area (Å²) in [4.78, 5) is 12.8. The molecule has 0 bridgehead atoms. The van der Waals surface area contributed by atoms with Crippen LogP contribution in [0.2, 0.25) is 0 Å². The first-order valence-corrected chi connectivity index (χ1v) is 12.3. The maximum Gasteiger partial charge on any atom is 0.160 e. The second-order valence-electron chi connectivity index (χ2n) is 7.73. The van der Waals surface area contributed by atoms with Gasteiger partial charge in [0, 0.05) is 32.5 Å². The molecule has 0 spiro atoms. The van der Waals surface area contributed by atoms with Crippen LogP contribution in [0, 0.1) is 11.8 Å². The Morgan fingerprint density at radius 3 is 2.66 bits per heavy atom. The SMILES string of the molecule is Cc1ccc(S(=O)Nc2cc(-c3c(N=O)ccc4c3C=CCC4)c(N)c3ccccc23)s1. The molecule has 32 heavy (non-hydrogen) atoms. The van der Waals surface area contributed by atoms with E-state index in [1.54, 1.807) is 6.07 Å². The van der Waals surface area contributed by atoms with Crippen molar-refractivity contribution in [3.05, 3.63) is 81.6 Å². The molecule has 5 rings (SSSR count). The summed E-state index contributed by atoms with van der Waals surface area (Å²) in [6.07, 6.45) is 6.00. The third kappa shape index (κ3) is 3.53. The highest BCUT2D eigenvalue weighted by Crippen LogP contribution is 2.45. The van der Waals surface area contributed by atoms with Gasteiger partial charge in [0.25, 0.3) is 0 Å². The van der Waals surface area contributed by atoms with Gasteiger partial charge >= 0.3 is 0 Å². The van der Waals surface area contributed by atoms with E-state index in [-0.39, 0.29) is 0 Å². The van der Waals surface area contributed by atoms with Crippen LogP contribution in [-0.2, 0) is 17.4 Å². The van der Waals surface area contributed by atoms with Crippen molar-refractivity contribution in [3.8, 4) is 11.1 Å². The normalized spacial score (nSPS) is 13.7. The van der Waals surface area contributed by atoms with Gasteiger partial charge in [-0.2, -0.15) is 0 Å². The third-order valence-electron chi connectivity index (χ3n) is 5.73. The third-order valence-corrected chi connectivity index (χ3v) is 8.14. The van der Waals surface area contributed by atoms with E-state index < -0.39 is 11.0 Å². The summed E-state index contributed by atoms with van der Waals surface area (Å²) in [5, 5.41) is 5.00. The van der Waals surface area contributed by atoms with Crippen LogP contribution in [0.15, 0.2) is 70.1 Å². The second-order valence-corrected chi connectivity index (χ2v) is 10.5. The van der Waals surface area contributed by atoms with Crippen LogP contribution in [0.3, 0.4) is 0 Å². The van der Waals surface area contributed by atoms with E-state index >= 15 is 0 Å². The lowest BCUT2D eigenvalue weighted by Gasteiger charge is -2.20. The Morgan fingerprint density at radius 1 is 1.09 bits per heavy atom. The zero-order chi connectivity index (χ0) is 22.2. The van der Waals surface area contributed by atoms with Gasteiger partial charge in [-0.05, 0) is 60.3 Å². The molecule has 0 fully saturated rings. The zero-order valence-corrected chi connectivity index (χ0v) is 19.1. The Morgan fingerprint density at radius 2 is 1.91 bits per heavy atom. The minimum absolute atomic E-state index is 0.346. The molecule has 3 aromatic carbocycles. The van der Waals surface area contributed by atoms with Gasteiger partial charge in [-0.25, -0.2) is 4.21 Å². The number of thiophene rings is 1. The molecule has 1 heterocycles. The van der Waals surface area contributed by atoms with Gasteiger partial charge in [0.15, 0.2) is 11.0 Å². The first-order chi connectivity index (χ1) is 15.6. The number of anilines is 2. The molecule has 0 radical (unpaired) electrons. The number of hydrogen-bond acceptors (Lipinski definition) is 5. The smallest absolute Gasteiger partial charge is 0.160 e. The molecular weight excluding hydrogens is 438 g/mol. The van der Waals surface area contributed by atoms with E-state index in [0.29, 0.717) is 22.6 Å².